The third-order valence-corrected chi connectivity index (χ3v) is 7.21. The number of thiophene rings is 1. The second-order valence-electron chi connectivity index (χ2n) is 9.49. The third-order valence-electron chi connectivity index (χ3n) is 5.58. The maximum absolute atomic E-state index is 12.7. The van der Waals surface area contributed by atoms with Crippen LogP contribution in [-0.4, -0.2) is 39.3 Å². The molecule has 0 saturated carbocycles. The normalized spacial score (nSPS) is 13.5. The van der Waals surface area contributed by atoms with E-state index in [-0.39, 0.29) is 18.6 Å². The van der Waals surface area contributed by atoms with Gasteiger partial charge in [0.25, 0.3) is 5.89 Å². The van der Waals surface area contributed by atoms with Gasteiger partial charge in [0.1, 0.15) is 10.5 Å². The number of amides is 1. The van der Waals surface area contributed by atoms with Crippen molar-refractivity contribution in [2.45, 2.75) is 45.9 Å². The van der Waals surface area contributed by atoms with Gasteiger partial charge in [-0.1, -0.05) is 28.1 Å². The molecule has 0 unspecified atom stereocenters. The van der Waals surface area contributed by atoms with Crippen LogP contribution >= 0.6 is 27.3 Å². The Kier molecular flexibility index (Phi) is 6.57. The molecule has 0 atom stereocenters. The lowest BCUT2D eigenvalue weighted by Crippen LogP contribution is -2.39. The van der Waals surface area contributed by atoms with Gasteiger partial charge in [0, 0.05) is 21.5 Å². The van der Waals surface area contributed by atoms with E-state index < -0.39 is 11.6 Å². The van der Waals surface area contributed by atoms with E-state index in [0.717, 1.165) is 31.2 Å². The molecule has 0 saturated heterocycles. The van der Waals surface area contributed by atoms with Crippen LogP contribution < -0.4 is 0 Å². The lowest BCUT2D eigenvalue weighted by molar-refractivity contribution is 0.0226. The average Bonchev–Trinajstić information content (AvgIpc) is 3.48. The highest BCUT2D eigenvalue weighted by atomic mass is 79.9. The summed E-state index contributed by atoms with van der Waals surface area (Å²) in [5.41, 5.74) is 1.28. The van der Waals surface area contributed by atoms with Crippen LogP contribution in [-0.2, 0) is 29.0 Å². The van der Waals surface area contributed by atoms with Crippen LogP contribution in [0, 0.1) is 0 Å². The van der Waals surface area contributed by atoms with Crippen LogP contribution in [0.4, 0.5) is 4.79 Å². The molecular formula is C26H24BrN3O5S. The van der Waals surface area contributed by atoms with Crippen molar-refractivity contribution in [3.8, 4) is 11.5 Å². The van der Waals surface area contributed by atoms with Crippen LogP contribution in [0.1, 0.15) is 46.8 Å². The fourth-order valence-electron chi connectivity index (χ4n) is 3.88. The summed E-state index contributed by atoms with van der Waals surface area (Å²) >= 11 is 4.80. The lowest BCUT2D eigenvalue weighted by Gasteiger charge is -2.29. The molecule has 0 fully saturated rings. The number of benzene rings is 2. The first-order chi connectivity index (χ1) is 17.1. The summed E-state index contributed by atoms with van der Waals surface area (Å²) in [5.74, 6) is 0.112. The summed E-state index contributed by atoms with van der Waals surface area (Å²) in [6, 6.07) is 13.7. The van der Waals surface area contributed by atoms with E-state index in [1.165, 1.54) is 11.3 Å². The highest BCUT2D eigenvalue weighted by Crippen LogP contribution is 2.30. The zero-order valence-corrected chi connectivity index (χ0v) is 22.4. The first-order valence-electron chi connectivity index (χ1n) is 11.4. The predicted molar refractivity (Wildman–Crippen MR) is 139 cm³/mol. The number of esters is 1. The molecule has 1 amide bonds. The molecule has 2 aromatic carbocycles. The maximum Gasteiger partial charge on any atom is 0.410 e. The van der Waals surface area contributed by atoms with E-state index in [4.69, 9.17) is 13.9 Å². The number of carbonyl (C=O) groups is 2. The van der Waals surface area contributed by atoms with Gasteiger partial charge in [-0.15, -0.1) is 21.5 Å². The number of hydrogen-bond acceptors (Lipinski definition) is 8. The molecule has 4 aromatic rings. The molecule has 1 aliphatic heterocycles. The third kappa shape index (κ3) is 5.44. The number of nitrogens with zero attached hydrogens (tertiary/aromatic N) is 3. The summed E-state index contributed by atoms with van der Waals surface area (Å²) in [7, 11) is 0. The Balaban J connectivity index is 1.21. The Labute approximate surface area is 220 Å². The second kappa shape index (κ2) is 9.67. The van der Waals surface area contributed by atoms with E-state index in [2.05, 4.69) is 26.1 Å². The van der Waals surface area contributed by atoms with Gasteiger partial charge in [0.15, 0.2) is 6.61 Å². The van der Waals surface area contributed by atoms with E-state index in [0.29, 0.717) is 30.3 Å². The molecule has 2 aromatic heterocycles. The molecule has 0 radical (unpaired) electrons. The highest BCUT2D eigenvalue weighted by molar-refractivity contribution is 9.10. The van der Waals surface area contributed by atoms with Crippen molar-refractivity contribution in [1.29, 1.82) is 0 Å². The largest absolute Gasteiger partial charge is 0.451 e. The number of aromatic nitrogens is 2. The number of hydrogen-bond donors (Lipinski definition) is 0. The van der Waals surface area contributed by atoms with Crippen molar-refractivity contribution in [1.82, 2.24) is 15.1 Å². The fourth-order valence-corrected chi connectivity index (χ4v) is 5.38. The van der Waals surface area contributed by atoms with Crippen LogP contribution in [0.25, 0.3) is 22.2 Å². The van der Waals surface area contributed by atoms with E-state index in [1.54, 1.807) is 4.90 Å². The van der Waals surface area contributed by atoms with Gasteiger partial charge in [0.05, 0.1) is 6.54 Å². The van der Waals surface area contributed by atoms with Crippen LogP contribution in [0.2, 0.25) is 0 Å². The molecule has 186 valence electrons. The van der Waals surface area contributed by atoms with Gasteiger partial charge in [-0.05, 0) is 73.9 Å². The van der Waals surface area contributed by atoms with Gasteiger partial charge < -0.3 is 18.8 Å². The fraction of sp³-hybridized carbons (Fsp3) is 0.308. The molecule has 10 heteroatoms. The molecule has 0 bridgehead atoms. The number of halogens is 1. The topological polar surface area (TPSA) is 94.8 Å². The first-order valence-corrected chi connectivity index (χ1v) is 13.0. The lowest BCUT2D eigenvalue weighted by atomic mass is 10.1. The van der Waals surface area contributed by atoms with E-state index >= 15 is 0 Å². The first kappa shape index (κ1) is 24.5. The van der Waals surface area contributed by atoms with E-state index in [9.17, 15) is 9.59 Å². The van der Waals surface area contributed by atoms with Gasteiger partial charge in [-0.2, -0.15) is 0 Å². The summed E-state index contributed by atoms with van der Waals surface area (Å²) in [5, 5.41) is 10.3. The SMILES string of the molecule is CC(C)(C)OC(=O)N1CCc2cc(C(=O)OCc3nnc(-c4ccc5cc(Br)ccc5c4)o3)sc2C1. The Morgan fingerprint density at radius 3 is 2.69 bits per heavy atom. The highest BCUT2D eigenvalue weighted by Gasteiger charge is 2.28. The Bertz CT molecular complexity index is 1460. The van der Waals surface area contributed by atoms with Crippen LogP contribution in [0.5, 0.6) is 0 Å². The molecule has 3 heterocycles. The Hall–Kier alpha value is -3.24. The van der Waals surface area contributed by atoms with Crippen LogP contribution in [0.3, 0.4) is 0 Å². The molecule has 0 aliphatic carbocycles. The van der Waals surface area contributed by atoms with Crippen molar-refractivity contribution in [2.24, 2.45) is 0 Å². The van der Waals surface area contributed by atoms with Crippen molar-refractivity contribution in [3.05, 3.63) is 68.1 Å². The van der Waals surface area contributed by atoms with Crippen molar-refractivity contribution in [2.75, 3.05) is 6.54 Å². The smallest absolute Gasteiger partial charge is 0.410 e. The average molecular weight is 570 g/mol. The second-order valence-corrected chi connectivity index (χ2v) is 11.5. The molecule has 0 spiro atoms. The summed E-state index contributed by atoms with van der Waals surface area (Å²) in [6.45, 7) is 6.35. The van der Waals surface area contributed by atoms with Crippen molar-refractivity contribution < 1.29 is 23.5 Å². The van der Waals surface area contributed by atoms with Gasteiger partial charge in [-0.25, -0.2) is 9.59 Å². The minimum absolute atomic E-state index is 0.126. The molecule has 8 nitrogen and oxygen atoms in total. The quantitative estimate of drug-likeness (QED) is 0.264. The standard InChI is InChI=1S/C26H24BrN3O5S/c1-26(2,3)35-25(32)30-9-8-17-12-20(36-21(17)13-30)24(31)33-14-22-28-29-23(34-22)18-5-4-16-11-19(27)7-6-15(16)10-18/h4-7,10-12H,8-9,13-14H2,1-3H3. The van der Waals surface area contributed by atoms with Crippen molar-refractivity contribution >= 4 is 50.1 Å². The van der Waals surface area contributed by atoms with E-state index in [1.807, 2.05) is 63.2 Å². The van der Waals surface area contributed by atoms with Gasteiger partial charge in [0.2, 0.25) is 5.89 Å². The summed E-state index contributed by atoms with van der Waals surface area (Å²) in [6.07, 6.45) is 0.311. The van der Waals surface area contributed by atoms with Gasteiger partial charge >= 0.3 is 12.1 Å². The number of fused-ring (bicyclic) bond motifs is 2. The molecule has 36 heavy (non-hydrogen) atoms. The molecule has 5 rings (SSSR count). The maximum atomic E-state index is 12.7. The van der Waals surface area contributed by atoms with Crippen LogP contribution in [0.15, 0.2) is 51.4 Å². The zero-order chi connectivity index (χ0) is 25.4. The zero-order valence-electron chi connectivity index (χ0n) is 20.0. The monoisotopic (exact) mass is 569 g/mol. The summed E-state index contributed by atoms with van der Waals surface area (Å²) < 4.78 is 17.6. The minimum Gasteiger partial charge on any atom is -0.451 e. The molecule has 1 aliphatic rings. The number of rotatable bonds is 4. The molecular weight excluding hydrogens is 546 g/mol. The Morgan fingerprint density at radius 1 is 1.11 bits per heavy atom. The van der Waals surface area contributed by atoms with Gasteiger partial charge in [-0.3, -0.25) is 0 Å². The minimum atomic E-state index is -0.553. The number of ether oxygens (including phenoxy) is 2. The predicted octanol–water partition coefficient (Wildman–Crippen LogP) is 6.36. The van der Waals surface area contributed by atoms with Crippen molar-refractivity contribution in [3.63, 3.8) is 0 Å². The number of carbonyl (C=O) groups excluding carboxylic acids is 2. The Morgan fingerprint density at radius 2 is 1.89 bits per heavy atom. The summed E-state index contributed by atoms with van der Waals surface area (Å²) in [4.78, 5) is 28.2. The molecule has 0 N–H and O–H groups in total.